The Bertz CT molecular complexity index is 1210. The summed E-state index contributed by atoms with van der Waals surface area (Å²) >= 11 is 0. The second-order valence-corrected chi connectivity index (χ2v) is 7.64. The van der Waals surface area contributed by atoms with Gasteiger partial charge in [-0.15, -0.1) is 0 Å². The van der Waals surface area contributed by atoms with Crippen LogP contribution >= 0.6 is 0 Å². The van der Waals surface area contributed by atoms with E-state index in [0.29, 0.717) is 34.9 Å². The first-order valence-corrected chi connectivity index (χ1v) is 10.8. The van der Waals surface area contributed by atoms with Gasteiger partial charge in [-0.25, -0.2) is 4.39 Å². The first kappa shape index (κ1) is 23.0. The molecule has 0 unspecified atom stereocenters. The van der Waals surface area contributed by atoms with Crippen molar-refractivity contribution in [3.8, 4) is 22.6 Å². The van der Waals surface area contributed by atoms with Gasteiger partial charge in [0, 0.05) is 42.5 Å². The largest absolute Gasteiger partial charge is 0.497 e. The maximum absolute atomic E-state index is 13.8. The van der Waals surface area contributed by atoms with Crippen molar-refractivity contribution in [2.45, 2.75) is 13.1 Å². The lowest BCUT2D eigenvalue weighted by Gasteiger charge is -2.14. The summed E-state index contributed by atoms with van der Waals surface area (Å²) < 4.78 is 24.4. The van der Waals surface area contributed by atoms with Crippen LogP contribution in [0.4, 0.5) is 4.39 Å². The number of carbonyl (C=O) groups excluding carboxylic acids is 1. The van der Waals surface area contributed by atoms with Crippen LogP contribution in [0.25, 0.3) is 11.1 Å². The van der Waals surface area contributed by atoms with E-state index in [1.807, 2.05) is 12.1 Å². The number of carbonyl (C=O) groups is 1. The number of hydrogen-bond donors (Lipinski definition) is 3. The molecule has 9 heteroatoms. The molecule has 2 aromatic carbocycles. The fourth-order valence-corrected chi connectivity index (χ4v) is 3.64. The quantitative estimate of drug-likeness (QED) is 0.475. The van der Waals surface area contributed by atoms with Crippen LogP contribution < -0.4 is 25.4 Å². The minimum Gasteiger partial charge on any atom is -0.497 e. The van der Waals surface area contributed by atoms with Crippen LogP contribution in [0.5, 0.6) is 11.5 Å². The molecule has 0 spiro atoms. The number of guanidine groups is 1. The summed E-state index contributed by atoms with van der Waals surface area (Å²) in [5.74, 6) is 1.12. The number of halogens is 1. The summed E-state index contributed by atoms with van der Waals surface area (Å²) in [6, 6.07) is 13.4. The van der Waals surface area contributed by atoms with Gasteiger partial charge in [-0.3, -0.25) is 14.8 Å². The summed E-state index contributed by atoms with van der Waals surface area (Å²) in [5.41, 5.74) is 3.43. The van der Waals surface area contributed by atoms with Gasteiger partial charge in [0.25, 0.3) is 5.91 Å². The molecule has 2 heterocycles. The molecule has 1 aliphatic rings. The van der Waals surface area contributed by atoms with Gasteiger partial charge in [0.2, 0.25) is 0 Å². The number of benzene rings is 2. The van der Waals surface area contributed by atoms with Crippen molar-refractivity contribution in [2.24, 2.45) is 4.99 Å². The van der Waals surface area contributed by atoms with E-state index in [1.165, 1.54) is 19.2 Å². The van der Waals surface area contributed by atoms with Crippen LogP contribution in [0.3, 0.4) is 0 Å². The standard InChI is InChI=1S/C25H26FN5O3/c1-33-21-5-6-27-20(13-21)15-30-24(32)18-10-16(14-31-25-28-7-8-29-25)9-17(11-18)22-4-3-19(26)12-23(22)34-2/h3-6,9-13H,7-8,14-15H2,1-2H3,(H,30,32)(H2,28,29,31). The molecule has 3 aromatic rings. The molecule has 0 atom stereocenters. The minimum atomic E-state index is -0.396. The van der Waals surface area contributed by atoms with Gasteiger partial charge in [-0.1, -0.05) is 0 Å². The molecule has 0 saturated heterocycles. The van der Waals surface area contributed by atoms with Gasteiger partial charge < -0.3 is 25.4 Å². The zero-order valence-electron chi connectivity index (χ0n) is 19.0. The highest BCUT2D eigenvalue weighted by molar-refractivity contribution is 5.96. The number of hydrogen-bond acceptors (Lipinski definition) is 7. The number of aromatic nitrogens is 1. The molecule has 176 valence electrons. The second-order valence-electron chi connectivity index (χ2n) is 7.64. The molecule has 0 bridgehead atoms. The Morgan fingerprint density at radius 1 is 1.09 bits per heavy atom. The van der Waals surface area contributed by atoms with E-state index in [-0.39, 0.29) is 12.5 Å². The van der Waals surface area contributed by atoms with Gasteiger partial charge in [-0.2, -0.15) is 0 Å². The topological polar surface area (TPSA) is 96.9 Å². The summed E-state index contributed by atoms with van der Waals surface area (Å²) in [4.78, 5) is 21.7. The van der Waals surface area contributed by atoms with Gasteiger partial charge in [-0.05, 0) is 47.5 Å². The molecule has 34 heavy (non-hydrogen) atoms. The van der Waals surface area contributed by atoms with Gasteiger partial charge in [0.1, 0.15) is 17.3 Å². The number of pyridine rings is 1. The third-order valence-electron chi connectivity index (χ3n) is 5.32. The van der Waals surface area contributed by atoms with Gasteiger partial charge >= 0.3 is 0 Å². The van der Waals surface area contributed by atoms with Crippen molar-refractivity contribution in [3.63, 3.8) is 0 Å². The van der Waals surface area contributed by atoms with E-state index in [4.69, 9.17) is 9.47 Å². The third kappa shape index (κ3) is 5.61. The van der Waals surface area contributed by atoms with Crippen LogP contribution in [0.2, 0.25) is 0 Å². The van der Waals surface area contributed by atoms with E-state index in [9.17, 15) is 9.18 Å². The molecule has 1 aromatic heterocycles. The maximum Gasteiger partial charge on any atom is 0.251 e. The smallest absolute Gasteiger partial charge is 0.251 e. The predicted octanol–water partition coefficient (Wildman–Crippen LogP) is 2.88. The van der Waals surface area contributed by atoms with Crippen molar-refractivity contribution >= 4 is 11.9 Å². The second kappa shape index (κ2) is 10.7. The predicted molar refractivity (Wildman–Crippen MR) is 127 cm³/mol. The van der Waals surface area contributed by atoms with E-state index in [0.717, 1.165) is 30.2 Å². The Morgan fingerprint density at radius 3 is 2.74 bits per heavy atom. The molecule has 1 amide bonds. The highest BCUT2D eigenvalue weighted by Gasteiger charge is 2.14. The number of methoxy groups -OCH3 is 2. The maximum atomic E-state index is 13.8. The van der Waals surface area contributed by atoms with Crippen LogP contribution in [-0.2, 0) is 13.1 Å². The Hall–Kier alpha value is -4.14. The molecule has 1 aliphatic heterocycles. The number of nitrogens with zero attached hydrogens (tertiary/aromatic N) is 2. The molecule has 0 fully saturated rings. The average molecular weight is 464 g/mol. The van der Waals surface area contributed by atoms with Crippen LogP contribution in [0, 0.1) is 5.82 Å². The van der Waals surface area contributed by atoms with E-state index in [2.05, 4.69) is 25.9 Å². The molecule has 0 saturated carbocycles. The Kier molecular flexibility index (Phi) is 7.22. The fourth-order valence-electron chi connectivity index (χ4n) is 3.64. The monoisotopic (exact) mass is 463 g/mol. The van der Waals surface area contributed by atoms with Gasteiger partial charge in [0.05, 0.1) is 33.0 Å². The lowest BCUT2D eigenvalue weighted by Crippen LogP contribution is -2.33. The normalized spacial score (nSPS) is 12.5. The van der Waals surface area contributed by atoms with E-state index >= 15 is 0 Å². The van der Waals surface area contributed by atoms with Crippen molar-refractivity contribution in [2.75, 3.05) is 27.3 Å². The van der Waals surface area contributed by atoms with Crippen molar-refractivity contribution in [3.05, 3.63) is 77.4 Å². The number of aliphatic imine (C=N–C) groups is 1. The zero-order valence-corrected chi connectivity index (χ0v) is 19.0. The van der Waals surface area contributed by atoms with Crippen LogP contribution in [0.1, 0.15) is 21.6 Å². The van der Waals surface area contributed by atoms with E-state index in [1.54, 1.807) is 37.6 Å². The van der Waals surface area contributed by atoms with E-state index < -0.39 is 5.82 Å². The Labute approximate surface area is 197 Å². The minimum absolute atomic E-state index is 0.244. The lowest BCUT2D eigenvalue weighted by molar-refractivity contribution is 0.0950. The molecule has 4 rings (SSSR count). The molecule has 0 radical (unpaired) electrons. The highest BCUT2D eigenvalue weighted by atomic mass is 19.1. The lowest BCUT2D eigenvalue weighted by atomic mass is 9.98. The number of ether oxygens (including phenoxy) is 2. The van der Waals surface area contributed by atoms with Crippen LogP contribution in [0.15, 0.2) is 59.7 Å². The average Bonchev–Trinajstić information content (AvgIpc) is 3.39. The Morgan fingerprint density at radius 2 is 1.97 bits per heavy atom. The molecule has 3 N–H and O–H groups in total. The van der Waals surface area contributed by atoms with Crippen molar-refractivity contribution in [1.82, 2.24) is 20.9 Å². The van der Waals surface area contributed by atoms with Gasteiger partial charge in [0.15, 0.2) is 5.96 Å². The molecule has 0 aliphatic carbocycles. The number of amides is 1. The number of rotatable bonds is 8. The first-order valence-electron chi connectivity index (χ1n) is 10.8. The fraction of sp³-hybridized carbons (Fsp3) is 0.240. The van der Waals surface area contributed by atoms with Crippen LogP contribution in [-0.4, -0.2) is 44.2 Å². The summed E-state index contributed by atoms with van der Waals surface area (Å²) in [6.07, 6.45) is 1.63. The Balaban J connectivity index is 1.61. The molecule has 8 nitrogen and oxygen atoms in total. The zero-order chi connectivity index (χ0) is 23.9. The summed E-state index contributed by atoms with van der Waals surface area (Å²) in [6.45, 7) is 2.22. The molecular formula is C25H26FN5O3. The first-order chi connectivity index (χ1) is 16.6. The highest BCUT2D eigenvalue weighted by Crippen LogP contribution is 2.32. The van der Waals surface area contributed by atoms with Crippen molar-refractivity contribution in [1.29, 1.82) is 0 Å². The SMILES string of the molecule is COc1ccnc(CNC(=O)c2cc(CNC3=NCCN3)cc(-c3ccc(F)cc3OC)c2)c1. The third-order valence-corrected chi connectivity index (χ3v) is 5.32. The molecular weight excluding hydrogens is 437 g/mol. The van der Waals surface area contributed by atoms with Crippen molar-refractivity contribution < 1.29 is 18.7 Å². The number of nitrogens with one attached hydrogen (secondary N) is 3. The summed E-state index contributed by atoms with van der Waals surface area (Å²) in [5, 5.41) is 9.31. The summed E-state index contributed by atoms with van der Waals surface area (Å²) in [7, 11) is 3.07.